The number of nitrogens with one attached hydrogen (secondary N) is 1. The summed E-state index contributed by atoms with van der Waals surface area (Å²) >= 11 is 1.65. The average molecular weight is 289 g/mol. The van der Waals surface area contributed by atoms with Gasteiger partial charge < -0.3 is 10.2 Å². The van der Waals surface area contributed by atoms with E-state index < -0.39 is 0 Å². The fourth-order valence-electron chi connectivity index (χ4n) is 2.22. The maximum Gasteiger partial charge on any atom is 0.226 e. The third kappa shape index (κ3) is 4.59. The minimum atomic E-state index is 0. The van der Waals surface area contributed by atoms with Crippen LogP contribution >= 0.6 is 23.7 Å². The molecule has 0 aliphatic carbocycles. The van der Waals surface area contributed by atoms with E-state index in [0.717, 1.165) is 18.7 Å². The van der Waals surface area contributed by atoms with Gasteiger partial charge in [-0.05, 0) is 41.8 Å². The van der Waals surface area contributed by atoms with E-state index in [-0.39, 0.29) is 18.3 Å². The lowest BCUT2D eigenvalue weighted by Crippen LogP contribution is -2.44. The first kappa shape index (κ1) is 15.5. The summed E-state index contributed by atoms with van der Waals surface area (Å²) in [4.78, 5) is 13.8. The van der Waals surface area contributed by atoms with Gasteiger partial charge in [-0.25, -0.2) is 0 Å². The van der Waals surface area contributed by atoms with E-state index in [0.29, 0.717) is 12.5 Å². The summed E-state index contributed by atoms with van der Waals surface area (Å²) in [6.07, 6.45) is 4.27. The fraction of sp³-hybridized carbons (Fsp3) is 0.615. The molecule has 1 unspecified atom stereocenters. The number of halogens is 1. The molecule has 2 rings (SSSR count). The van der Waals surface area contributed by atoms with Crippen molar-refractivity contribution in [1.29, 1.82) is 0 Å². The zero-order valence-corrected chi connectivity index (χ0v) is 12.4. The molecule has 0 spiro atoms. The molecule has 0 aromatic carbocycles. The van der Waals surface area contributed by atoms with E-state index in [1.165, 1.54) is 19.3 Å². The second kappa shape index (κ2) is 7.77. The van der Waals surface area contributed by atoms with Crippen molar-refractivity contribution < 1.29 is 4.79 Å². The highest BCUT2D eigenvalue weighted by atomic mass is 35.5. The van der Waals surface area contributed by atoms with Crippen molar-refractivity contribution in [2.75, 3.05) is 20.1 Å². The first-order valence-electron chi connectivity index (χ1n) is 6.24. The number of thiophene rings is 1. The Hall–Kier alpha value is -0.580. The second-order valence-corrected chi connectivity index (χ2v) is 5.51. The smallest absolute Gasteiger partial charge is 0.226 e. The molecular weight excluding hydrogens is 268 g/mol. The highest BCUT2D eigenvalue weighted by Crippen LogP contribution is 2.10. The molecule has 0 radical (unpaired) electrons. The standard InChI is InChI=1S/C13H20N2OS.ClH/c1-15(9-12-4-2-3-6-14-12)13(16)8-11-5-7-17-10-11;/h5,7,10,12,14H,2-4,6,8-9H2,1H3;1H. The zero-order valence-electron chi connectivity index (χ0n) is 10.7. The molecule has 1 aromatic heterocycles. The number of amides is 1. The number of likely N-dealkylation sites (N-methyl/N-ethyl adjacent to an activating group) is 1. The van der Waals surface area contributed by atoms with Crippen LogP contribution in [-0.4, -0.2) is 37.0 Å². The van der Waals surface area contributed by atoms with Gasteiger partial charge in [-0.1, -0.05) is 6.42 Å². The van der Waals surface area contributed by atoms with Crippen LogP contribution in [-0.2, 0) is 11.2 Å². The molecule has 1 atom stereocenters. The predicted octanol–water partition coefficient (Wildman–Crippen LogP) is 2.31. The quantitative estimate of drug-likeness (QED) is 0.922. The minimum absolute atomic E-state index is 0. The molecule has 3 nitrogen and oxygen atoms in total. The Morgan fingerprint density at radius 1 is 1.56 bits per heavy atom. The van der Waals surface area contributed by atoms with E-state index in [1.54, 1.807) is 11.3 Å². The maximum absolute atomic E-state index is 12.0. The van der Waals surface area contributed by atoms with Gasteiger partial charge in [-0.15, -0.1) is 12.4 Å². The van der Waals surface area contributed by atoms with Gasteiger partial charge in [-0.2, -0.15) is 11.3 Å². The summed E-state index contributed by atoms with van der Waals surface area (Å²) in [5, 5.41) is 7.54. The number of carbonyl (C=O) groups is 1. The molecule has 1 amide bonds. The number of piperidine rings is 1. The van der Waals surface area contributed by atoms with E-state index in [4.69, 9.17) is 0 Å². The highest BCUT2D eigenvalue weighted by Gasteiger charge is 2.17. The first-order chi connectivity index (χ1) is 8.25. The summed E-state index contributed by atoms with van der Waals surface area (Å²) < 4.78 is 0. The van der Waals surface area contributed by atoms with E-state index in [2.05, 4.69) is 5.32 Å². The molecule has 1 N–H and O–H groups in total. The van der Waals surface area contributed by atoms with Gasteiger partial charge >= 0.3 is 0 Å². The van der Waals surface area contributed by atoms with Crippen LogP contribution in [0.5, 0.6) is 0 Å². The molecule has 1 fully saturated rings. The highest BCUT2D eigenvalue weighted by molar-refractivity contribution is 7.07. The molecule has 1 aliphatic rings. The van der Waals surface area contributed by atoms with Crippen LogP contribution in [0.1, 0.15) is 24.8 Å². The maximum atomic E-state index is 12.0. The first-order valence-corrected chi connectivity index (χ1v) is 7.18. The molecule has 102 valence electrons. The Labute approximate surface area is 119 Å². The van der Waals surface area contributed by atoms with Crippen LogP contribution in [0, 0.1) is 0 Å². The van der Waals surface area contributed by atoms with Crippen molar-refractivity contribution in [3.8, 4) is 0 Å². The predicted molar refractivity (Wildman–Crippen MR) is 78.5 cm³/mol. The Kier molecular flexibility index (Phi) is 6.68. The summed E-state index contributed by atoms with van der Waals surface area (Å²) in [6.45, 7) is 1.93. The van der Waals surface area contributed by atoms with Crippen LogP contribution in [0.4, 0.5) is 0 Å². The van der Waals surface area contributed by atoms with Gasteiger partial charge in [0.25, 0.3) is 0 Å². The van der Waals surface area contributed by atoms with E-state index in [9.17, 15) is 4.79 Å². The van der Waals surface area contributed by atoms with Crippen molar-refractivity contribution in [1.82, 2.24) is 10.2 Å². The Morgan fingerprint density at radius 3 is 3.00 bits per heavy atom. The summed E-state index contributed by atoms with van der Waals surface area (Å²) in [5.74, 6) is 0.218. The number of nitrogens with zero attached hydrogens (tertiary/aromatic N) is 1. The van der Waals surface area contributed by atoms with Crippen LogP contribution in [0.15, 0.2) is 16.8 Å². The Morgan fingerprint density at radius 2 is 2.39 bits per heavy atom. The third-order valence-electron chi connectivity index (χ3n) is 3.27. The Balaban J connectivity index is 0.00000162. The van der Waals surface area contributed by atoms with Crippen molar-refractivity contribution >= 4 is 29.7 Å². The van der Waals surface area contributed by atoms with Crippen LogP contribution < -0.4 is 5.32 Å². The molecule has 1 saturated heterocycles. The van der Waals surface area contributed by atoms with Crippen LogP contribution in [0.2, 0.25) is 0 Å². The second-order valence-electron chi connectivity index (χ2n) is 4.73. The van der Waals surface area contributed by atoms with E-state index in [1.807, 2.05) is 28.8 Å². The lowest BCUT2D eigenvalue weighted by atomic mass is 10.0. The van der Waals surface area contributed by atoms with Crippen LogP contribution in [0.25, 0.3) is 0 Å². The van der Waals surface area contributed by atoms with Crippen LogP contribution in [0.3, 0.4) is 0 Å². The van der Waals surface area contributed by atoms with Crippen molar-refractivity contribution in [3.63, 3.8) is 0 Å². The third-order valence-corrected chi connectivity index (χ3v) is 4.00. The lowest BCUT2D eigenvalue weighted by molar-refractivity contribution is -0.129. The summed E-state index contributed by atoms with van der Waals surface area (Å²) in [6, 6.07) is 2.51. The minimum Gasteiger partial charge on any atom is -0.344 e. The molecule has 18 heavy (non-hydrogen) atoms. The van der Waals surface area contributed by atoms with Gasteiger partial charge in [0.15, 0.2) is 0 Å². The van der Waals surface area contributed by atoms with E-state index >= 15 is 0 Å². The molecular formula is C13H21ClN2OS. The molecule has 2 heterocycles. The molecule has 5 heteroatoms. The molecule has 0 bridgehead atoms. The number of hydrogen-bond acceptors (Lipinski definition) is 3. The number of carbonyl (C=O) groups excluding carboxylic acids is 1. The largest absolute Gasteiger partial charge is 0.344 e. The number of rotatable bonds is 4. The van der Waals surface area contributed by atoms with Crippen molar-refractivity contribution in [2.24, 2.45) is 0 Å². The van der Waals surface area contributed by atoms with Crippen molar-refractivity contribution in [2.45, 2.75) is 31.7 Å². The van der Waals surface area contributed by atoms with Gasteiger partial charge in [0.2, 0.25) is 5.91 Å². The average Bonchev–Trinajstić information content (AvgIpc) is 2.83. The van der Waals surface area contributed by atoms with Gasteiger partial charge in [0.1, 0.15) is 0 Å². The zero-order chi connectivity index (χ0) is 12.1. The Bertz CT molecular complexity index is 350. The summed E-state index contributed by atoms with van der Waals surface area (Å²) in [7, 11) is 1.91. The summed E-state index contributed by atoms with van der Waals surface area (Å²) in [5.41, 5.74) is 1.13. The van der Waals surface area contributed by atoms with Crippen molar-refractivity contribution in [3.05, 3.63) is 22.4 Å². The fourth-order valence-corrected chi connectivity index (χ4v) is 2.88. The van der Waals surface area contributed by atoms with Gasteiger partial charge in [0.05, 0.1) is 6.42 Å². The number of hydrogen-bond donors (Lipinski definition) is 1. The van der Waals surface area contributed by atoms with Gasteiger partial charge in [0, 0.05) is 19.6 Å². The topological polar surface area (TPSA) is 32.3 Å². The lowest BCUT2D eigenvalue weighted by Gasteiger charge is -2.28. The SMILES string of the molecule is CN(CC1CCCCN1)C(=O)Cc1ccsc1.Cl. The normalized spacial score (nSPS) is 19.1. The monoisotopic (exact) mass is 288 g/mol. The molecule has 1 aliphatic heterocycles. The molecule has 1 aromatic rings. The van der Waals surface area contributed by atoms with Gasteiger partial charge in [-0.3, -0.25) is 4.79 Å². The molecule has 0 saturated carbocycles.